The number of cyclic esters (lactones) is 1. The Balaban J connectivity index is 2.10. The second kappa shape index (κ2) is 4.49. The van der Waals surface area contributed by atoms with Gasteiger partial charge in [-0.25, -0.2) is 9.18 Å². The number of nitrogens with two attached hydrogens (primary N) is 1. The number of amides is 1. The minimum atomic E-state index is -0.398. The SMILES string of the molecule is NCCC1CN(c2ccc(F)cc2)C(=O)O1. The molecule has 1 aliphatic heterocycles. The average molecular weight is 224 g/mol. The Kier molecular flexibility index (Phi) is 3.05. The summed E-state index contributed by atoms with van der Waals surface area (Å²) < 4.78 is 17.8. The predicted molar refractivity (Wildman–Crippen MR) is 57.7 cm³/mol. The number of benzene rings is 1. The number of anilines is 1. The van der Waals surface area contributed by atoms with E-state index in [1.165, 1.54) is 17.0 Å². The molecule has 0 bridgehead atoms. The van der Waals surface area contributed by atoms with E-state index >= 15 is 0 Å². The van der Waals surface area contributed by atoms with E-state index in [1.54, 1.807) is 12.1 Å². The molecule has 1 fully saturated rings. The van der Waals surface area contributed by atoms with Gasteiger partial charge in [0.05, 0.1) is 6.54 Å². The Morgan fingerprint density at radius 1 is 1.44 bits per heavy atom. The molecule has 1 aromatic carbocycles. The Morgan fingerprint density at radius 3 is 2.75 bits per heavy atom. The molecule has 2 N–H and O–H groups in total. The van der Waals surface area contributed by atoms with Crippen molar-refractivity contribution >= 4 is 11.8 Å². The van der Waals surface area contributed by atoms with Gasteiger partial charge in [-0.1, -0.05) is 0 Å². The number of halogens is 1. The van der Waals surface area contributed by atoms with Crippen LogP contribution in [-0.2, 0) is 4.74 Å². The van der Waals surface area contributed by atoms with Crippen molar-refractivity contribution in [3.8, 4) is 0 Å². The molecule has 0 aliphatic carbocycles. The Bertz CT molecular complexity index is 380. The molecule has 1 atom stereocenters. The first-order valence-electron chi connectivity index (χ1n) is 5.14. The van der Waals surface area contributed by atoms with Crippen LogP contribution in [0.2, 0.25) is 0 Å². The van der Waals surface area contributed by atoms with E-state index in [1.807, 2.05) is 0 Å². The highest BCUT2D eigenvalue weighted by molar-refractivity contribution is 5.89. The van der Waals surface area contributed by atoms with Gasteiger partial charge in [0.25, 0.3) is 0 Å². The molecule has 1 heterocycles. The Hall–Kier alpha value is -1.62. The van der Waals surface area contributed by atoms with E-state index in [9.17, 15) is 9.18 Å². The summed E-state index contributed by atoms with van der Waals surface area (Å²) in [6.07, 6.45) is 0.0799. The van der Waals surface area contributed by atoms with Gasteiger partial charge in [-0.05, 0) is 37.2 Å². The summed E-state index contributed by atoms with van der Waals surface area (Å²) in [6, 6.07) is 5.75. The van der Waals surface area contributed by atoms with Crippen LogP contribution in [0, 0.1) is 5.82 Å². The highest BCUT2D eigenvalue weighted by Gasteiger charge is 2.31. The lowest BCUT2D eigenvalue weighted by molar-refractivity contribution is 0.138. The lowest BCUT2D eigenvalue weighted by atomic mass is 10.2. The number of carbonyl (C=O) groups is 1. The highest BCUT2D eigenvalue weighted by Crippen LogP contribution is 2.22. The zero-order chi connectivity index (χ0) is 11.5. The molecule has 1 aromatic rings. The van der Waals surface area contributed by atoms with Gasteiger partial charge < -0.3 is 10.5 Å². The molecule has 1 saturated heterocycles. The van der Waals surface area contributed by atoms with Crippen LogP contribution in [0.1, 0.15) is 6.42 Å². The normalized spacial score (nSPS) is 20.0. The highest BCUT2D eigenvalue weighted by atomic mass is 19.1. The maximum atomic E-state index is 12.7. The molecule has 0 radical (unpaired) electrons. The summed E-state index contributed by atoms with van der Waals surface area (Å²) >= 11 is 0. The maximum Gasteiger partial charge on any atom is 0.414 e. The fourth-order valence-electron chi connectivity index (χ4n) is 1.69. The van der Waals surface area contributed by atoms with Gasteiger partial charge in [0.15, 0.2) is 0 Å². The summed E-state index contributed by atoms with van der Waals surface area (Å²) in [6.45, 7) is 0.955. The van der Waals surface area contributed by atoms with Gasteiger partial charge in [-0.15, -0.1) is 0 Å². The second-order valence-corrected chi connectivity index (χ2v) is 3.67. The van der Waals surface area contributed by atoms with Crippen LogP contribution >= 0.6 is 0 Å². The molecule has 1 aliphatic rings. The van der Waals surface area contributed by atoms with Crippen LogP contribution in [-0.4, -0.2) is 25.3 Å². The first-order valence-corrected chi connectivity index (χ1v) is 5.14. The van der Waals surface area contributed by atoms with Crippen LogP contribution in [0.3, 0.4) is 0 Å². The third-order valence-electron chi connectivity index (χ3n) is 2.50. The lowest BCUT2D eigenvalue weighted by Crippen LogP contribution is -2.25. The van der Waals surface area contributed by atoms with Crippen LogP contribution in [0.5, 0.6) is 0 Å². The van der Waals surface area contributed by atoms with Crippen LogP contribution < -0.4 is 10.6 Å². The van der Waals surface area contributed by atoms with Crippen molar-refractivity contribution in [2.45, 2.75) is 12.5 Å². The first kappa shape index (κ1) is 10.9. The fraction of sp³-hybridized carbons (Fsp3) is 0.364. The van der Waals surface area contributed by atoms with Crippen LogP contribution in [0.15, 0.2) is 24.3 Å². The van der Waals surface area contributed by atoms with Crippen LogP contribution in [0.4, 0.5) is 14.9 Å². The number of rotatable bonds is 3. The second-order valence-electron chi connectivity index (χ2n) is 3.67. The van der Waals surface area contributed by atoms with E-state index in [2.05, 4.69) is 0 Å². The minimum Gasteiger partial charge on any atom is -0.444 e. The molecule has 1 amide bonds. The fourth-order valence-corrected chi connectivity index (χ4v) is 1.69. The van der Waals surface area contributed by atoms with Crippen molar-refractivity contribution < 1.29 is 13.9 Å². The van der Waals surface area contributed by atoms with Gasteiger partial charge >= 0.3 is 6.09 Å². The predicted octanol–water partition coefficient (Wildman–Crippen LogP) is 1.50. The van der Waals surface area contributed by atoms with Crippen molar-refractivity contribution in [2.24, 2.45) is 5.73 Å². The van der Waals surface area contributed by atoms with Gasteiger partial charge in [-0.2, -0.15) is 0 Å². The van der Waals surface area contributed by atoms with Crippen molar-refractivity contribution in [1.29, 1.82) is 0 Å². The molecule has 5 heteroatoms. The number of carbonyl (C=O) groups excluding carboxylic acids is 1. The zero-order valence-corrected chi connectivity index (χ0v) is 8.73. The van der Waals surface area contributed by atoms with E-state index in [4.69, 9.17) is 10.5 Å². The van der Waals surface area contributed by atoms with Gasteiger partial charge in [0.2, 0.25) is 0 Å². The van der Waals surface area contributed by atoms with E-state index in [0.717, 1.165) is 0 Å². The summed E-state index contributed by atoms with van der Waals surface area (Å²) in [5.74, 6) is -0.324. The Labute approximate surface area is 92.8 Å². The van der Waals surface area contributed by atoms with Gasteiger partial charge in [0, 0.05) is 5.69 Å². The molecule has 86 valence electrons. The molecule has 0 aromatic heterocycles. The number of hydrogen-bond acceptors (Lipinski definition) is 3. The van der Waals surface area contributed by atoms with Crippen LogP contribution in [0.25, 0.3) is 0 Å². The summed E-state index contributed by atoms with van der Waals surface area (Å²) in [5, 5.41) is 0. The third-order valence-corrected chi connectivity index (χ3v) is 2.50. The van der Waals surface area contributed by atoms with Crippen molar-refractivity contribution in [3.63, 3.8) is 0 Å². The Morgan fingerprint density at radius 2 is 2.12 bits per heavy atom. The molecule has 2 rings (SSSR count). The molecule has 16 heavy (non-hydrogen) atoms. The van der Waals surface area contributed by atoms with E-state index in [-0.39, 0.29) is 11.9 Å². The lowest BCUT2D eigenvalue weighted by Gasteiger charge is -2.12. The minimum absolute atomic E-state index is 0.164. The summed E-state index contributed by atoms with van der Waals surface area (Å²) in [5.41, 5.74) is 6.04. The van der Waals surface area contributed by atoms with E-state index < -0.39 is 6.09 Å². The van der Waals surface area contributed by atoms with E-state index in [0.29, 0.717) is 25.2 Å². The number of ether oxygens (including phenoxy) is 1. The zero-order valence-electron chi connectivity index (χ0n) is 8.73. The molecule has 1 unspecified atom stereocenters. The number of nitrogens with zero attached hydrogens (tertiary/aromatic N) is 1. The van der Waals surface area contributed by atoms with Crippen molar-refractivity contribution in [1.82, 2.24) is 0 Å². The molecule has 4 nitrogen and oxygen atoms in total. The topological polar surface area (TPSA) is 55.6 Å². The largest absolute Gasteiger partial charge is 0.444 e. The smallest absolute Gasteiger partial charge is 0.414 e. The third kappa shape index (κ3) is 2.14. The molecule has 0 spiro atoms. The van der Waals surface area contributed by atoms with Crippen molar-refractivity contribution in [3.05, 3.63) is 30.1 Å². The monoisotopic (exact) mass is 224 g/mol. The summed E-state index contributed by atoms with van der Waals surface area (Å²) in [4.78, 5) is 13.0. The average Bonchev–Trinajstić information content (AvgIpc) is 2.61. The molecular weight excluding hydrogens is 211 g/mol. The quantitative estimate of drug-likeness (QED) is 0.846. The molecule has 0 saturated carbocycles. The van der Waals surface area contributed by atoms with Crippen molar-refractivity contribution in [2.75, 3.05) is 18.0 Å². The maximum absolute atomic E-state index is 12.7. The first-order chi connectivity index (χ1) is 7.70. The van der Waals surface area contributed by atoms with Gasteiger partial charge in [-0.3, -0.25) is 4.90 Å². The summed E-state index contributed by atoms with van der Waals surface area (Å²) in [7, 11) is 0. The number of hydrogen-bond donors (Lipinski definition) is 1. The van der Waals surface area contributed by atoms with Gasteiger partial charge in [0.1, 0.15) is 11.9 Å². The molecular formula is C11H13FN2O2. The standard InChI is InChI=1S/C11H13FN2O2/c12-8-1-3-9(4-2-8)14-7-10(5-6-13)16-11(14)15/h1-4,10H,5-7,13H2.